The SMILES string of the molecule is CC(C)(C)Oc1ccc(Cc2nc(-c3c(F)cccc3Cl)no2)cc1. The van der Waals surface area contributed by atoms with Crippen LogP contribution in [0.1, 0.15) is 32.2 Å². The number of rotatable bonds is 4. The van der Waals surface area contributed by atoms with Crippen LogP contribution < -0.4 is 4.74 Å². The molecule has 6 heteroatoms. The molecule has 1 aromatic heterocycles. The molecule has 2 aromatic carbocycles. The standard InChI is InChI=1S/C19H18ClFN2O2/c1-19(2,3)24-13-9-7-12(8-10-13)11-16-22-18(23-25-16)17-14(20)5-4-6-15(17)21/h4-10H,11H2,1-3H3. The lowest BCUT2D eigenvalue weighted by molar-refractivity contribution is 0.131. The lowest BCUT2D eigenvalue weighted by Gasteiger charge is -2.21. The van der Waals surface area contributed by atoms with E-state index < -0.39 is 5.82 Å². The van der Waals surface area contributed by atoms with Crippen LogP contribution >= 0.6 is 11.6 Å². The average molecular weight is 361 g/mol. The van der Waals surface area contributed by atoms with E-state index >= 15 is 0 Å². The fraction of sp³-hybridized carbons (Fsp3) is 0.263. The third-order valence-corrected chi connectivity index (χ3v) is 3.67. The van der Waals surface area contributed by atoms with Crippen molar-refractivity contribution < 1.29 is 13.7 Å². The molecule has 0 amide bonds. The highest BCUT2D eigenvalue weighted by molar-refractivity contribution is 6.33. The van der Waals surface area contributed by atoms with E-state index in [0.717, 1.165) is 11.3 Å². The molecule has 0 atom stereocenters. The molecule has 25 heavy (non-hydrogen) atoms. The predicted molar refractivity (Wildman–Crippen MR) is 94.3 cm³/mol. The number of hydrogen-bond donors (Lipinski definition) is 0. The van der Waals surface area contributed by atoms with Gasteiger partial charge in [-0.3, -0.25) is 0 Å². The van der Waals surface area contributed by atoms with Crippen LogP contribution in [-0.2, 0) is 6.42 Å². The van der Waals surface area contributed by atoms with Gasteiger partial charge < -0.3 is 9.26 Å². The van der Waals surface area contributed by atoms with Gasteiger partial charge in [0.25, 0.3) is 0 Å². The molecular weight excluding hydrogens is 343 g/mol. The van der Waals surface area contributed by atoms with Gasteiger partial charge >= 0.3 is 0 Å². The van der Waals surface area contributed by atoms with Gasteiger partial charge in [-0.25, -0.2) is 4.39 Å². The Bertz CT molecular complexity index is 850. The van der Waals surface area contributed by atoms with E-state index in [1.54, 1.807) is 6.07 Å². The van der Waals surface area contributed by atoms with Crippen molar-refractivity contribution in [2.75, 3.05) is 0 Å². The zero-order valence-corrected chi connectivity index (χ0v) is 15.0. The fourth-order valence-electron chi connectivity index (χ4n) is 2.34. The van der Waals surface area contributed by atoms with Crippen LogP contribution in [0.2, 0.25) is 5.02 Å². The second kappa shape index (κ2) is 6.84. The van der Waals surface area contributed by atoms with Gasteiger partial charge in [0, 0.05) is 0 Å². The van der Waals surface area contributed by atoms with Gasteiger partial charge in [0.15, 0.2) is 0 Å². The highest BCUT2D eigenvalue weighted by Crippen LogP contribution is 2.28. The summed E-state index contributed by atoms with van der Waals surface area (Å²) in [6, 6.07) is 12.1. The summed E-state index contributed by atoms with van der Waals surface area (Å²) >= 11 is 6.03. The van der Waals surface area contributed by atoms with E-state index in [9.17, 15) is 4.39 Å². The zero-order chi connectivity index (χ0) is 18.0. The summed E-state index contributed by atoms with van der Waals surface area (Å²) in [5, 5.41) is 4.08. The van der Waals surface area contributed by atoms with Crippen LogP contribution in [0.5, 0.6) is 5.75 Å². The molecule has 0 bridgehead atoms. The van der Waals surface area contributed by atoms with Crippen molar-refractivity contribution in [1.29, 1.82) is 0 Å². The lowest BCUT2D eigenvalue weighted by atomic mass is 10.1. The van der Waals surface area contributed by atoms with Gasteiger partial charge in [-0.15, -0.1) is 0 Å². The Kier molecular flexibility index (Phi) is 4.77. The summed E-state index contributed by atoms with van der Waals surface area (Å²) in [6.45, 7) is 5.98. The third kappa shape index (κ3) is 4.37. The molecule has 0 aliphatic rings. The van der Waals surface area contributed by atoms with E-state index in [4.69, 9.17) is 20.9 Å². The van der Waals surface area contributed by atoms with Crippen molar-refractivity contribution in [3.63, 3.8) is 0 Å². The minimum absolute atomic E-state index is 0.144. The largest absolute Gasteiger partial charge is 0.488 e. The first-order valence-corrected chi connectivity index (χ1v) is 8.24. The second-order valence-electron chi connectivity index (χ2n) is 6.64. The topological polar surface area (TPSA) is 48.2 Å². The summed E-state index contributed by atoms with van der Waals surface area (Å²) in [5.41, 5.74) is 0.881. The highest BCUT2D eigenvalue weighted by Gasteiger charge is 2.17. The van der Waals surface area contributed by atoms with Crippen LogP contribution in [0, 0.1) is 5.82 Å². The van der Waals surface area contributed by atoms with Crippen LogP contribution in [0.3, 0.4) is 0 Å². The van der Waals surface area contributed by atoms with Crippen molar-refractivity contribution >= 4 is 11.6 Å². The molecular formula is C19H18ClFN2O2. The smallest absolute Gasteiger partial charge is 0.231 e. The van der Waals surface area contributed by atoms with Crippen molar-refractivity contribution in [3.8, 4) is 17.1 Å². The third-order valence-electron chi connectivity index (χ3n) is 3.36. The Morgan fingerprint density at radius 1 is 1.12 bits per heavy atom. The van der Waals surface area contributed by atoms with E-state index in [-0.39, 0.29) is 22.0 Å². The Labute approximate surface area is 150 Å². The van der Waals surface area contributed by atoms with Gasteiger partial charge in [0.1, 0.15) is 17.2 Å². The van der Waals surface area contributed by atoms with Crippen molar-refractivity contribution in [1.82, 2.24) is 10.1 Å². The summed E-state index contributed by atoms with van der Waals surface area (Å²) < 4.78 is 24.9. The number of benzene rings is 2. The van der Waals surface area contributed by atoms with Gasteiger partial charge in [0.05, 0.1) is 17.0 Å². The van der Waals surface area contributed by atoms with Crippen molar-refractivity contribution in [2.24, 2.45) is 0 Å². The summed E-state index contributed by atoms with van der Waals surface area (Å²) in [4.78, 5) is 4.25. The monoisotopic (exact) mass is 360 g/mol. The summed E-state index contributed by atoms with van der Waals surface area (Å²) in [7, 11) is 0. The maximum atomic E-state index is 13.9. The molecule has 3 aromatic rings. The van der Waals surface area contributed by atoms with E-state index in [1.165, 1.54) is 12.1 Å². The Morgan fingerprint density at radius 3 is 2.48 bits per heavy atom. The summed E-state index contributed by atoms with van der Waals surface area (Å²) in [6.07, 6.45) is 0.439. The number of nitrogens with zero attached hydrogens (tertiary/aromatic N) is 2. The molecule has 0 saturated carbocycles. The van der Waals surface area contributed by atoms with Crippen LogP contribution in [0.25, 0.3) is 11.4 Å². The Hall–Kier alpha value is -2.40. The first kappa shape index (κ1) is 17.4. The molecule has 0 spiro atoms. The highest BCUT2D eigenvalue weighted by atomic mass is 35.5. The second-order valence-corrected chi connectivity index (χ2v) is 7.05. The quantitative estimate of drug-likeness (QED) is 0.633. The predicted octanol–water partition coefficient (Wildman–Crippen LogP) is 5.30. The Balaban J connectivity index is 1.76. The van der Waals surface area contributed by atoms with E-state index in [0.29, 0.717) is 12.3 Å². The van der Waals surface area contributed by atoms with Gasteiger partial charge in [-0.2, -0.15) is 4.98 Å². The molecule has 1 heterocycles. The molecule has 4 nitrogen and oxygen atoms in total. The first-order chi connectivity index (χ1) is 11.8. The fourth-order valence-corrected chi connectivity index (χ4v) is 2.59. The number of aromatic nitrogens is 2. The van der Waals surface area contributed by atoms with Crippen molar-refractivity contribution in [3.05, 3.63) is 64.8 Å². The maximum Gasteiger partial charge on any atom is 0.231 e. The lowest BCUT2D eigenvalue weighted by Crippen LogP contribution is -2.22. The van der Waals surface area contributed by atoms with Gasteiger partial charge in [0.2, 0.25) is 11.7 Å². The zero-order valence-electron chi connectivity index (χ0n) is 14.2. The number of halogens is 2. The van der Waals surface area contributed by atoms with Gasteiger partial charge in [-0.1, -0.05) is 35.0 Å². The molecule has 3 rings (SSSR count). The normalized spacial score (nSPS) is 11.6. The molecule has 0 aliphatic carbocycles. The molecule has 0 fully saturated rings. The van der Waals surface area contributed by atoms with E-state index in [1.807, 2.05) is 45.0 Å². The minimum Gasteiger partial charge on any atom is -0.488 e. The molecule has 0 saturated heterocycles. The molecule has 0 N–H and O–H groups in total. The molecule has 0 aliphatic heterocycles. The van der Waals surface area contributed by atoms with Crippen LogP contribution in [0.15, 0.2) is 47.0 Å². The van der Waals surface area contributed by atoms with Crippen molar-refractivity contribution in [2.45, 2.75) is 32.8 Å². The Morgan fingerprint density at radius 2 is 1.84 bits per heavy atom. The first-order valence-electron chi connectivity index (χ1n) is 7.87. The molecule has 130 valence electrons. The van der Waals surface area contributed by atoms with E-state index in [2.05, 4.69) is 10.1 Å². The number of ether oxygens (including phenoxy) is 1. The maximum absolute atomic E-state index is 13.9. The molecule has 0 unspecified atom stereocenters. The average Bonchev–Trinajstić information content (AvgIpc) is 2.96. The minimum atomic E-state index is -0.483. The van der Waals surface area contributed by atoms with Crippen LogP contribution in [-0.4, -0.2) is 15.7 Å². The van der Waals surface area contributed by atoms with Gasteiger partial charge in [-0.05, 0) is 50.6 Å². The summed E-state index contributed by atoms with van der Waals surface area (Å²) in [5.74, 6) is 0.841. The van der Waals surface area contributed by atoms with Crippen LogP contribution in [0.4, 0.5) is 4.39 Å². The molecule has 0 radical (unpaired) electrons. The number of hydrogen-bond acceptors (Lipinski definition) is 4.